The lowest BCUT2D eigenvalue weighted by atomic mass is 10.2. The Labute approximate surface area is 108 Å². The van der Waals surface area contributed by atoms with Crippen LogP contribution in [0.4, 0.5) is 0 Å². The number of ether oxygens (including phenoxy) is 1. The number of carbonyl (C=O) groups excluding carboxylic acids is 1. The summed E-state index contributed by atoms with van der Waals surface area (Å²) in [5.41, 5.74) is 0. The Hall–Kier alpha value is -0.260. The smallest absolute Gasteiger partial charge is 0.323 e. The second-order valence-corrected chi connectivity index (χ2v) is 5.17. The Morgan fingerprint density at radius 3 is 3.00 bits per heavy atom. The van der Waals surface area contributed by atoms with Crippen LogP contribution < -0.4 is 5.32 Å². The number of nitrogens with one attached hydrogen (secondary N) is 1. The molecule has 5 heteroatoms. The largest absolute Gasteiger partial charge is 0.465 e. The van der Waals surface area contributed by atoms with Crippen molar-refractivity contribution in [3.05, 3.63) is 0 Å². The molecule has 1 saturated heterocycles. The number of thioether (sulfide) groups is 1. The van der Waals surface area contributed by atoms with E-state index < -0.39 is 0 Å². The van der Waals surface area contributed by atoms with Crippen LogP contribution in [0, 0.1) is 0 Å². The maximum Gasteiger partial charge on any atom is 0.323 e. The third kappa shape index (κ3) is 5.27. The first kappa shape index (κ1) is 14.8. The molecule has 17 heavy (non-hydrogen) atoms. The lowest BCUT2D eigenvalue weighted by Crippen LogP contribution is -2.44. The lowest BCUT2D eigenvalue weighted by molar-refractivity contribution is -0.149. The Kier molecular flexibility index (Phi) is 7.64. The monoisotopic (exact) mass is 260 g/mol. The van der Waals surface area contributed by atoms with E-state index in [1.165, 1.54) is 0 Å². The van der Waals surface area contributed by atoms with Crippen molar-refractivity contribution in [2.24, 2.45) is 0 Å². The molecule has 0 bridgehead atoms. The average molecular weight is 260 g/mol. The predicted molar refractivity (Wildman–Crippen MR) is 72.5 cm³/mol. The van der Waals surface area contributed by atoms with Crippen LogP contribution in [0.2, 0.25) is 0 Å². The van der Waals surface area contributed by atoms with Crippen molar-refractivity contribution in [2.75, 3.05) is 44.8 Å². The minimum absolute atomic E-state index is 0.0524. The van der Waals surface area contributed by atoms with Gasteiger partial charge in [0.15, 0.2) is 0 Å². The first-order valence-corrected chi connectivity index (χ1v) is 7.79. The molecule has 1 atom stereocenters. The minimum atomic E-state index is -0.0534. The van der Waals surface area contributed by atoms with Crippen LogP contribution in [-0.2, 0) is 9.53 Å². The van der Waals surface area contributed by atoms with E-state index in [0.29, 0.717) is 6.61 Å². The summed E-state index contributed by atoms with van der Waals surface area (Å²) in [7, 11) is 0. The van der Waals surface area contributed by atoms with E-state index in [1.54, 1.807) is 11.8 Å². The number of rotatable bonds is 6. The molecule has 1 aliphatic rings. The van der Waals surface area contributed by atoms with Crippen LogP contribution in [0.15, 0.2) is 0 Å². The van der Waals surface area contributed by atoms with E-state index in [-0.39, 0.29) is 12.0 Å². The van der Waals surface area contributed by atoms with Crippen LogP contribution in [0.3, 0.4) is 0 Å². The number of nitrogens with zero attached hydrogens (tertiary/aromatic N) is 1. The van der Waals surface area contributed by atoms with Crippen LogP contribution in [0.25, 0.3) is 0 Å². The van der Waals surface area contributed by atoms with Crippen LogP contribution in [-0.4, -0.2) is 61.7 Å². The van der Waals surface area contributed by atoms with Gasteiger partial charge in [-0.25, -0.2) is 0 Å². The van der Waals surface area contributed by atoms with Crippen LogP contribution >= 0.6 is 11.8 Å². The van der Waals surface area contributed by atoms with Gasteiger partial charge in [0.25, 0.3) is 0 Å². The molecular weight excluding hydrogens is 236 g/mol. The van der Waals surface area contributed by atoms with E-state index in [4.69, 9.17) is 4.74 Å². The molecule has 0 aromatic heterocycles. The van der Waals surface area contributed by atoms with Gasteiger partial charge >= 0.3 is 5.97 Å². The summed E-state index contributed by atoms with van der Waals surface area (Å²) in [5, 5.41) is 3.36. The summed E-state index contributed by atoms with van der Waals surface area (Å²) in [4.78, 5) is 14.2. The van der Waals surface area contributed by atoms with Crippen molar-refractivity contribution in [2.45, 2.75) is 25.8 Å². The van der Waals surface area contributed by atoms with Crippen molar-refractivity contribution in [3.8, 4) is 0 Å². The standard InChI is InChI=1S/C12H24N2O2S/c1-3-16-12(15)11(5-10-17-2)14-8-4-6-13-7-9-14/h11,13H,3-10H2,1-2H3. The van der Waals surface area contributed by atoms with E-state index >= 15 is 0 Å². The third-order valence-electron chi connectivity index (χ3n) is 2.97. The Balaban J connectivity index is 2.55. The van der Waals surface area contributed by atoms with Gasteiger partial charge in [0, 0.05) is 19.6 Å². The topological polar surface area (TPSA) is 41.6 Å². The first-order chi connectivity index (χ1) is 8.29. The van der Waals surface area contributed by atoms with E-state index in [0.717, 1.165) is 44.8 Å². The highest BCUT2D eigenvalue weighted by atomic mass is 32.2. The van der Waals surface area contributed by atoms with Gasteiger partial charge in [-0.1, -0.05) is 0 Å². The lowest BCUT2D eigenvalue weighted by Gasteiger charge is -2.28. The fraction of sp³-hybridized carbons (Fsp3) is 0.917. The van der Waals surface area contributed by atoms with Crippen molar-refractivity contribution < 1.29 is 9.53 Å². The normalized spacial score (nSPS) is 19.6. The predicted octanol–water partition coefficient (Wildman–Crippen LogP) is 0.966. The number of esters is 1. The molecule has 0 aromatic rings. The molecule has 0 amide bonds. The highest BCUT2D eigenvalue weighted by Gasteiger charge is 2.26. The van der Waals surface area contributed by atoms with Gasteiger partial charge < -0.3 is 10.1 Å². The van der Waals surface area contributed by atoms with Crippen molar-refractivity contribution >= 4 is 17.7 Å². The molecule has 1 fully saturated rings. The van der Waals surface area contributed by atoms with E-state index in [1.807, 2.05) is 6.92 Å². The third-order valence-corrected chi connectivity index (χ3v) is 3.61. The zero-order valence-electron chi connectivity index (χ0n) is 10.9. The molecule has 0 radical (unpaired) electrons. The molecule has 100 valence electrons. The molecular formula is C12H24N2O2S. The molecule has 4 nitrogen and oxygen atoms in total. The zero-order chi connectivity index (χ0) is 12.5. The summed E-state index contributed by atoms with van der Waals surface area (Å²) in [5.74, 6) is 0.955. The van der Waals surface area contributed by atoms with Crippen molar-refractivity contribution in [1.29, 1.82) is 0 Å². The Morgan fingerprint density at radius 1 is 1.47 bits per heavy atom. The van der Waals surface area contributed by atoms with E-state index in [9.17, 15) is 4.79 Å². The molecule has 1 aliphatic heterocycles. The number of hydrogen-bond donors (Lipinski definition) is 1. The minimum Gasteiger partial charge on any atom is -0.465 e. The first-order valence-electron chi connectivity index (χ1n) is 6.40. The van der Waals surface area contributed by atoms with Crippen molar-refractivity contribution in [3.63, 3.8) is 0 Å². The zero-order valence-corrected chi connectivity index (χ0v) is 11.7. The molecule has 0 aliphatic carbocycles. The summed E-state index contributed by atoms with van der Waals surface area (Å²) in [6.07, 6.45) is 4.07. The number of hydrogen-bond acceptors (Lipinski definition) is 5. The molecule has 0 spiro atoms. The molecule has 1 rings (SSSR count). The fourth-order valence-corrected chi connectivity index (χ4v) is 2.55. The summed E-state index contributed by atoms with van der Waals surface area (Å²) < 4.78 is 5.18. The van der Waals surface area contributed by atoms with Gasteiger partial charge in [-0.05, 0) is 38.3 Å². The molecule has 1 heterocycles. The van der Waals surface area contributed by atoms with Crippen molar-refractivity contribution in [1.82, 2.24) is 10.2 Å². The van der Waals surface area contributed by atoms with Gasteiger partial charge in [-0.15, -0.1) is 0 Å². The van der Waals surface area contributed by atoms with Gasteiger partial charge in [0.2, 0.25) is 0 Å². The maximum atomic E-state index is 12.0. The summed E-state index contributed by atoms with van der Waals surface area (Å²) in [6, 6.07) is -0.0534. The van der Waals surface area contributed by atoms with Crippen LogP contribution in [0.5, 0.6) is 0 Å². The highest BCUT2D eigenvalue weighted by Crippen LogP contribution is 2.12. The maximum absolute atomic E-state index is 12.0. The SMILES string of the molecule is CCOC(=O)C(CCSC)N1CCCNCC1. The van der Waals surface area contributed by atoms with Crippen LogP contribution in [0.1, 0.15) is 19.8 Å². The molecule has 1 unspecified atom stereocenters. The Bertz CT molecular complexity index is 219. The number of carbonyl (C=O) groups is 1. The second kappa shape index (κ2) is 8.78. The summed E-state index contributed by atoms with van der Waals surface area (Å²) in [6.45, 7) is 6.29. The quantitative estimate of drug-likeness (QED) is 0.721. The van der Waals surface area contributed by atoms with Gasteiger partial charge in [0.1, 0.15) is 6.04 Å². The fourth-order valence-electron chi connectivity index (χ4n) is 2.10. The van der Waals surface area contributed by atoms with Gasteiger partial charge in [0.05, 0.1) is 6.61 Å². The Morgan fingerprint density at radius 2 is 2.29 bits per heavy atom. The average Bonchev–Trinajstić information content (AvgIpc) is 2.59. The van der Waals surface area contributed by atoms with E-state index in [2.05, 4.69) is 16.5 Å². The molecule has 0 aromatic carbocycles. The molecule has 1 N–H and O–H groups in total. The highest BCUT2D eigenvalue weighted by molar-refractivity contribution is 7.98. The second-order valence-electron chi connectivity index (χ2n) is 4.19. The summed E-state index contributed by atoms with van der Waals surface area (Å²) >= 11 is 1.78. The van der Waals surface area contributed by atoms with Gasteiger partial charge in [-0.2, -0.15) is 11.8 Å². The van der Waals surface area contributed by atoms with Gasteiger partial charge in [-0.3, -0.25) is 9.69 Å². The molecule has 0 saturated carbocycles.